The van der Waals surface area contributed by atoms with E-state index >= 15 is 0 Å². The fourth-order valence-corrected chi connectivity index (χ4v) is 3.04. The van der Waals surface area contributed by atoms with Crippen molar-refractivity contribution >= 4 is 34.9 Å². The summed E-state index contributed by atoms with van der Waals surface area (Å²) in [5.74, 6) is -1.07. The maximum Gasteiger partial charge on any atom is 0.349 e. The Morgan fingerprint density at radius 2 is 1.88 bits per heavy atom. The number of carbonyl (C=O) groups is 2. The molecule has 0 amide bonds. The van der Waals surface area contributed by atoms with Gasteiger partial charge in [0.05, 0.1) is 4.88 Å². The second-order valence-corrected chi connectivity index (χ2v) is 6.94. The molecule has 0 bridgehead atoms. The standard InChI is InChI=1S/C20H20N2O3S/c1-4-17-9-10-19(26-17)18(23)13-25-20(24)15(12-21)11-14-5-7-16(8-6-14)22(2)3/h5-11H,4,13H2,1-3H3/b15-11+. The summed E-state index contributed by atoms with van der Waals surface area (Å²) in [7, 11) is 3.86. The van der Waals surface area contributed by atoms with Crippen LogP contribution in [0, 0.1) is 11.3 Å². The predicted octanol–water partition coefficient (Wildman–Crippen LogP) is 3.71. The number of nitriles is 1. The van der Waals surface area contributed by atoms with Crippen LogP contribution in [0.4, 0.5) is 5.69 Å². The average Bonchev–Trinajstić information content (AvgIpc) is 3.13. The second-order valence-electron chi connectivity index (χ2n) is 5.77. The number of nitrogens with zero attached hydrogens (tertiary/aromatic N) is 2. The SMILES string of the molecule is CCc1ccc(C(=O)COC(=O)/C(C#N)=C/c2ccc(N(C)C)cc2)s1. The molecule has 0 spiro atoms. The zero-order valence-electron chi connectivity index (χ0n) is 15.0. The van der Waals surface area contributed by atoms with Gasteiger partial charge in [-0.1, -0.05) is 19.1 Å². The molecule has 0 saturated carbocycles. The van der Waals surface area contributed by atoms with Gasteiger partial charge in [0.2, 0.25) is 5.78 Å². The number of hydrogen-bond acceptors (Lipinski definition) is 6. The molecule has 0 fully saturated rings. The lowest BCUT2D eigenvalue weighted by molar-refractivity contribution is -0.137. The van der Waals surface area contributed by atoms with E-state index in [4.69, 9.17) is 4.74 Å². The number of anilines is 1. The number of aryl methyl sites for hydroxylation is 1. The van der Waals surface area contributed by atoms with Crippen LogP contribution in [0.3, 0.4) is 0 Å². The average molecular weight is 368 g/mol. The second kappa shape index (κ2) is 8.97. The van der Waals surface area contributed by atoms with E-state index in [1.807, 2.05) is 62.3 Å². The minimum atomic E-state index is -0.801. The number of ketones is 1. The van der Waals surface area contributed by atoms with Gasteiger partial charge >= 0.3 is 5.97 Å². The molecule has 134 valence electrons. The third-order valence-electron chi connectivity index (χ3n) is 3.68. The van der Waals surface area contributed by atoms with Gasteiger partial charge in [-0.15, -0.1) is 11.3 Å². The van der Waals surface area contributed by atoms with Crippen molar-refractivity contribution in [2.24, 2.45) is 0 Å². The molecular weight excluding hydrogens is 348 g/mol. The summed E-state index contributed by atoms with van der Waals surface area (Å²) in [5.41, 5.74) is 1.58. The maximum absolute atomic E-state index is 12.1. The van der Waals surface area contributed by atoms with Gasteiger partial charge in [-0.2, -0.15) is 5.26 Å². The molecule has 0 aliphatic heterocycles. The molecule has 0 saturated heterocycles. The monoisotopic (exact) mass is 368 g/mol. The van der Waals surface area contributed by atoms with E-state index in [2.05, 4.69) is 0 Å². The van der Waals surface area contributed by atoms with Crippen LogP contribution < -0.4 is 4.90 Å². The quantitative estimate of drug-likeness (QED) is 0.322. The lowest BCUT2D eigenvalue weighted by Gasteiger charge is -2.11. The largest absolute Gasteiger partial charge is 0.453 e. The number of rotatable bonds is 7. The van der Waals surface area contributed by atoms with Gasteiger partial charge in [-0.3, -0.25) is 4.79 Å². The van der Waals surface area contributed by atoms with Crippen molar-refractivity contribution in [3.63, 3.8) is 0 Å². The van der Waals surface area contributed by atoms with Gasteiger partial charge in [-0.25, -0.2) is 4.79 Å². The predicted molar refractivity (Wildman–Crippen MR) is 103 cm³/mol. The first-order chi connectivity index (χ1) is 12.4. The van der Waals surface area contributed by atoms with Crippen LogP contribution >= 0.6 is 11.3 Å². The first kappa shape index (κ1) is 19.4. The molecule has 26 heavy (non-hydrogen) atoms. The minimum Gasteiger partial charge on any atom is -0.453 e. The topological polar surface area (TPSA) is 70.4 Å². The first-order valence-corrected chi connectivity index (χ1v) is 8.94. The molecule has 2 rings (SSSR count). The molecule has 1 aromatic heterocycles. The molecule has 1 heterocycles. The molecule has 0 unspecified atom stereocenters. The molecule has 0 atom stereocenters. The lowest BCUT2D eigenvalue weighted by Crippen LogP contribution is -2.14. The van der Waals surface area contributed by atoms with Crippen LogP contribution in [-0.4, -0.2) is 32.5 Å². The van der Waals surface area contributed by atoms with E-state index in [0.717, 1.165) is 17.0 Å². The number of benzene rings is 1. The van der Waals surface area contributed by atoms with Gasteiger partial charge in [0, 0.05) is 24.7 Å². The Labute approximate surface area is 157 Å². The number of thiophene rings is 1. The Balaban J connectivity index is 2.01. The van der Waals surface area contributed by atoms with Gasteiger partial charge in [0.1, 0.15) is 11.6 Å². The van der Waals surface area contributed by atoms with Crippen LogP contribution in [0.25, 0.3) is 6.08 Å². The summed E-state index contributed by atoms with van der Waals surface area (Å²) in [5, 5.41) is 9.21. The summed E-state index contributed by atoms with van der Waals surface area (Å²) in [6.45, 7) is 1.64. The number of Topliss-reactive ketones (excluding diaryl/α,β-unsaturated/α-hetero) is 1. The Kier molecular flexibility index (Phi) is 6.70. The van der Waals surface area contributed by atoms with Crippen LogP contribution in [0.2, 0.25) is 0 Å². The Hall–Kier alpha value is -2.91. The highest BCUT2D eigenvalue weighted by atomic mass is 32.1. The van der Waals surface area contributed by atoms with E-state index in [9.17, 15) is 14.9 Å². The normalized spacial score (nSPS) is 10.9. The fraction of sp³-hybridized carbons (Fsp3) is 0.250. The van der Waals surface area contributed by atoms with Crippen molar-refractivity contribution in [1.29, 1.82) is 5.26 Å². The molecule has 0 radical (unpaired) electrons. The van der Waals surface area contributed by atoms with E-state index in [1.54, 1.807) is 6.07 Å². The summed E-state index contributed by atoms with van der Waals surface area (Å²) in [4.78, 5) is 27.8. The van der Waals surface area contributed by atoms with E-state index in [1.165, 1.54) is 17.4 Å². The Morgan fingerprint density at radius 1 is 1.19 bits per heavy atom. The van der Waals surface area contributed by atoms with Gasteiger partial charge < -0.3 is 9.64 Å². The highest BCUT2D eigenvalue weighted by Gasteiger charge is 2.15. The van der Waals surface area contributed by atoms with E-state index in [0.29, 0.717) is 10.4 Å². The zero-order valence-corrected chi connectivity index (χ0v) is 15.8. The lowest BCUT2D eigenvalue weighted by atomic mass is 10.1. The molecule has 5 nitrogen and oxygen atoms in total. The van der Waals surface area contributed by atoms with Crippen LogP contribution in [-0.2, 0) is 16.0 Å². The smallest absolute Gasteiger partial charge is 0.349 e. The van der Waals surface area contributed by atoms with Crippen LogP contribution in [0.1, 0.15) is 27.0 Å². The summed E-state index contributed by atoms with van der Waals surface area (Å²) in [6, 6.07) is 12.8. The summed E-state index contributed by atoms with van der Waals surface area (Å²) < 4.78 is 5.01. The molecule has 0 aliphatic rings. The van der Waals surface area contributed by atoms with E-state index in [-0.39, 0.29) is 18.0 Å². The number of ether oxygens (including phenoxy) is 1. The van der Waals surface area contributed by atoms with Crippen molar-refractivity contribution in [1.82, 2.24) is 0 Å². The first-order valence-electron chi connectivity index (χ1n) is 8.12. The van der Waals surface area contributed by atoms with Crippen LogP contribution in [0.15, 0.2) is 42.0 Å². The van der Waals surface area contributed by atoms with Crippen molar-refractivity contribution < 1.29 is 14.3 Å². The Bertz CT molecular complexity index is 858. The van der Waals surface area contributed by atoms with Gasteiger partial charge in [0.25, 0.3) is 0 Å². The highest BCUT2D eigenvalue weighted by Crippen LogP contribution is 2.18. The molecule has 6 heteroatoms. The van der Waals surface area contributed by atoms with Crippen molar-refractivity contribution in [2.45, 2.75) is 13.3 Å². The maximum atomic E-state index is 12.1. The number of carbonyl (C=O) groups excluding carboxylic acids is 2. The molecule has 1 aromatic carbocycles. The molecule has 2 aromatic rings. The number of esters is 1. The van der Waals surface area contributed by atoms with Gasteiger partial charge in [0.15, 0.2) is 6.61 Å². The van der Waals surface area contributed by atoms with Crippen molar-refractivity contribution in [3.8, 4) is 6.07 Å². The van der Waals surface area contributed by atoms with Crippen LogP contribution in [0.5, 0.6) is 0 Å². The molecule has 0 aliphatic carbocycles. The third kappa shape index (κ3) is 5.04. The fourth-order valence-electron chi connectivity index (χ4n) is 2.17. The van der Waals surface area contributed by atoms with Gasteiger partial charge in [-0.05, 0) is 42.3 Å². The summed E-state index contributed by atoms with van der Waals surface area (Å²) >= 11 is 1.39. The van der Waals surface area contributed by atoms with E-state index < -0.39 is 5.97 Å². The van der Waals surface area contributed by atoms with Crippen molar-refractivity contribution in [3.05, 3.63) is 57.3 Å². The molecule has 0 N–H and O–H groups in total. The van der Waals surface area contributed by atoms with Crippen molar-refractivity contribution in [2.75, 3.05) is 25.6 Å². The summed E-state index contributed by atoms with van der Waals surface area (Å²) in [6.07, 6.45) is 2.30. The Morgan fingerprint density at radius 3 is 2.42 bits per heavy atom. The third-order valence-corrected chi connectivity index (χ3v) is 4.95. The zero-order chi connectivity index (χ0) is 19.1. The molecular formula is C20H20N2O3S. The highest BCUT2D eigenvalue weighted by molar-refractivity contribution is 7.14. The minimum absolute atomic E-state index is 0.143. The number of hydrogen-bond donors (Lipinski definition) is 0.